The molecule has 2 aromatic carbocycles. The molecule has 29 heavy (non-hydrogen) atoms. The van der Waals surface area contributed by atoms with E-state index in [1.165, 1.54) is 6.08 Å². The van der Waals surface area contributed by atoms with Crippen molar-refractivity contribution in [2.75, 3.05) is 10.6 Å². The van der Waals surface area contributed by atoms with Gasteiger partial charge in [-0.3, -0.25) is 9.59 Å². The first-order valence-corrected chi connectivity index (χ1v) is 9.11. The predicted octanol–water partition coefficient (Wildman–Crippen LogP) is 2.70. The van der Waals surface area contributed by atoms with E-state index in [0.29, 0.717) is 29.4 Å². The van der Waals surface area contributed by atoms with Gasteiger partial charge in [0.1, 0.15) is 11.4 Å². The van der Waals surface area contributed by atoms with E-state index in [1.807, 2.05) is 30.3 Å². The summed E-state index contributed by atoms with van der Waals surface area (Å²) in [6, 6.07) is 15.0. The van der Waals surface area contributed by atoms with E-state index in [0.717, 1.165) is 5.56 Å². The standard InChI is InChI=1S/C21H19N5O3/c1-14-21(28)23-18-11-16(7-9-19(18)29-14)22-20(27)10-8-17-13-26(25-24-17)12-15-5-3-2-4-6-15/h2-11,13-14H,12H2,1H3,(H,22,27)(H,23,28)/b10-8+/t14-/m1/s1. The molecule has 4 rings (SSSR count). The molecule has 0 spiro atoms. The number of fused-ring (bicyclic) bond motifs is 1. The summed E-state index contributed by atoms with van der Waals surface area (Å²) in [5.41, 5.74) is 2.77. The molecule has 3 aromatic rings. The summed E-state index contributed by atoms with van der Waals surface area (Å²) in [7, 11) is 0. The van der Waals surface area contributed by atoms with Crippen molar-refractivity contribution in [1.29, 1.82) is 0 Å². The fourth-order valence-corrected chi connectivity index (χ4v) is 2.87. The van der Waals surface area contributed by atoms with Crippen LogP contribution in [0.3, 0.4) is 0 Å². The lowest BCUT2D eigenvalue weighted by atomic mass is 10.2. The summed E-state index contributed by atoms with van der Waals surface area (Å²) in [5.74, 6) is 0.0270. The highest BCUT2D eigenvalue weighted by Gasteiger charge is 2.23. The van der Waals surface area contributed by atoms with Gasteiger partial charge in [0.25, 0.3) is 5.91 Å². The number of aromatic nitrogens is 3. The Labute approximate surface area is 167 Å². The van der Waals surface area contributed by atoms with Gasteiger partial charge in [-0.15, -0.1) is 5.10 Å². The van der Waals surface area contributed by atoms with Crippen molar-refractivity contribution in [3.8, 4) is 5.75 Å². The number of nitrogens with one attached hydrogen (secondary N) is 2. The van der Waals surface area contributed by atoms with Crippen molar-refractivity contribution >= 4 is 29.3 Å². The molecule has 0 aliphatic carbocycles. The van der Waals surface area contributed by atoms with E-state index >= 15 is 0 Å². The highest BCUT2D eigenvalue weighted by Crippen LogP contribution is 2.32. The minimum absolute atomic E-state index is 0.223. The summed E-state index contributed by atoms with van der Waals surface area (Å²) >= 11 is 0. The molecule has 0 saturated carbocycles. The summed E-state index contributed by atoms with van der Waals surface area (Å²) in [5, 5.41) is 13.6. The Bertz CT molecular complexity index is 1070. The number of carbonyl (C=O) groups excluding carboxylic acids is 2. The number of hydrogen-bond donors (Lipinski definition) is 2. The first kappa shape index (κ1) is 18.4. The average molecular weight is 389 g/mol. The van der Waals surface area contributed by atoms with Crippen LogP contribution in [0.2, 0.25) is 0 Å². The van der Waals surface area contributed by atoms with Gasteiger partial charge in [0, 0.05) is 11.8 Å². The molecule has 0 bridgehead atoms. The molecule has 1 aliphatic rings. The first-order chi connectivity index (χ1) is 14.1. The van der Waals surface area contributed by atoms with Crippen LogP contribution in [0, 0.1) is 0 Å². The zero-order valence-corrected chi connectivity index (χ0v) is 15.7. The molecular formula is C21H19N5O3. The third kappa shape index (κ3) is 4.49. The number of amides is 2. The van der Waals surface area contributed by atoms with E-state index in [1.54, 1.807) is 42.1 Å². The molecule has 2 heterocycles. The molecule has 2 N–H and O–H groups in total. The first-order valence-electron chi connectivity index (χ1n) is 9.11. The molecule has 1 atom stereocenters. The molecule has 0 saturated heterocycles. The predicted molar refractivity (Wildman–Crippen MR) is 108 cm³/mol. The van der Waals surface area contributed by atoms with Crippen LogP contribution in [0.4, 0.5) is 11.4 Å². The van der Waals surface area contributed by atoms with Crippen LogP contribution in [-0.4, -0.2) is 32.9 Å². The maximum atomic E-state index is 12.2. The van der Waals surface area contributed by atoms with Crippen LogP contribution < -0.4 is 15.4 Å². The molecule has 0 unspecified atom stereocenters. The number of ether oxygens (including phenoxy) is 1. The Morgan fingerprint density at radius 2 is 2.10 bits per heavy atom. The number of hydrogen-bond acceptors (Lipinski definition) is 5. The van der Waals surface area contributed by atoms with Crippen molar-refractivity contribution in [2.45, 2.75) is 19.6 Å². The van der Waals surface area contributed by atoms with Gasteiger partial charge >= 0.3 is 0 Å². The van der Waals surface area contributed by atoms with Gasteiger partial charge in [0.15, 0.2) is 6.10 Å². The van der Waals surface area contributed by atoms with Gasteiger partial charge in [0.05, 0.1) is 18.4 Å². The molecule has 0 radical (unpaired) electrons. The highest BCUT2D eigenvalue weighted by molar-refractivity contribution is 6.03. The third-order valence-electron chi connectivity index (χ3n) is 4.33. The SMILES string of the molecule is C[C@H]1Oc2ccc(NC(=O)/C=C/c3cn(Cc4ccccc4)nn3)cc2NC1=O. The molecule has 8 nitrogen and oxygen atoms in total. The molecule has 2 amide bonds. The highest BCUT2D eigenvalue weighted by atomic mass is 16.5. The lowest BCUT2D eigenvalue weighted by Crippen LogP contribution is -2.34. The van der Waals surface area contributed by atoms with Crippen LogP contribution in [-0.2, 0) is 16.1 Å². The normalized spacial score (nSPS) is 15.5. The van der Waals surface area contributed by atoms with Crippen molar-refractivity contribution in [3.05, 3.63) is 72.1 Å². The number of rotatable bonds is 5. The third-order valence-corrected chi connectivity index (χ3v) is 4.33. The maximum absolute atomic E-state index is 12.2. The van der Waals surface area contributed by atoms with E-state index in [4.69, 9.17) is 4.74 Å². The zero-order chi connectivity index (χ0) is 20.2. The zero-order valence-electron chi connectivity index (χ0n) is 15.7. The second-order valence-electron chi connectivity index (χ2n) is 6.61. The van der Waals surface area contributed by atoms with Gasteiger partial charge in [0.2, 0.25) is 5.91 Å². The van der Waals surface area contributed by atoms with Crippen LogP contribution in [0.5, 0.6) is 5.75 Å². The molecule has 1 aromatic heterocycles. The Morgan fingerprint density at radius 1 is 1.28 bits per heavy atom. The van der Waals surface area contributed by atoms with E-state index in [9.17, 15) is 9.59 Å². The van der Waals surface area contributed by atoms with E-state index < -0.39 is 6.10 Å². The van der Waals surface area contributed by atoms with E-state index in [2.05, 4.69) is 20.9 Å². The van der Waals surface area contributed by atoms with Crippen molar-refractivity contribution < 1.29 is 14.3 Å². The number of nitrogens with zero attached hydrogens (tertiary/aromatic N) is 3. The van der Waals surface area contributed by atoms with Crippen LogP contribution in [0.1, 0.15) is 18.2 Å². The fraction of sp³-hybridized carbons (Fsp3) is 0.143. The minimum Gasteiger partial charge on any atom is -0.479 e. The van der Waals surface area contributed by atoms with Gasteiger partial charge in [-0.2, -0.15) is 0 Å². The van der Waals surface area contributed by atoms with Crippen LogP contribution >= 0.6 is 0 Å². The van der Waals surface area contributed by atoms with Crippen LogP contribution in [0.25, 0.3) is 6.08 Å². The fourth-order valence-electron chi connectivity index (χ4n) is 2.87. The molecule has 0 fully saturated rings. The number of anilines is 2. The smallest absolute Gasteiger partial charge is 0.265 e. The Balaban J connectivity index is 1.37. The van der Waals surface area contributed by atoms with Gasteiger partial charge in [-0.05, 0) is 36.8 Å². The summed E-state index contributed by atoms with van der Waals surface area (Å²) in [4.78, 5) is 23.9. The second kappa shape index (κ2) is 7.97. The number of carbonyl (C=O) groups is 2. The lowest BCUT2D eigenvalue weighted by Gasteiger charge is -2.23. The summed E-state index contributed by atoms with van der Waals surface area (Å²) < 4.78 is 7.21. The quantitative estimate of drug-likeness (QED) is 0.654. The van der Waals surface area contributed by atoms with E-state index in [-0.39, 0.29) is 11.8 Å². The largest absolute Gasteiger partial charge is 0.479 e. The topological polar surface area (TPSA) is 98.1 Å². The Hall–Kier alpha value is -3.94. The Morgan fingerprint density at radius 3 is 2.93 bits per heavy atom. The summed E-state index contributed by atoms with van der Waals surface area (Å²) in [6.45, 7) is 2.28. The molecule has 1 aliphatic heterocycles. The summed E-state index contributed by atoms with van der Waals surface area (Å²) in [6.07, 6.45) is 4.20. The van der Waals surface area contributed by atoms with Crippen molar-refractivity contribution in [2.24, 2.45) is 0 Å². The van der Waals surface area contributed by atoms with Gasteiger partial charge in [-0.25, -0.2) is 4.68 Å². The average Bonchev–Trinajstić information content (AvgIpc) is 3.16. The molecule has 146 valence electrons. The molecular weight excluding hydrogens is 370 g/mol. The lowest BCUT2D eigenvalue weighted by molar-refractivity contribution is -0.122. The Kier molecular flexibility index (Phi) is 5.07. The van der Waals surface area contributed by atoms with Gasteiger partial charge < -0.3 is 15.4 Å². The van der Waals surface area contributed by atoms with Crippen molar-refractivity contribution in [3.63, 3.8) is 0 Å². The van der Waals surface area contributed by atoms with Crippen molar-refractivity contribution in [1.82, 2.24) is 15.0 Å². The van der Waals surface area contributed by atoms with Gasteiger partial charge in [-0.1, -0.05) is 35.5 Å². The number of benzene rings is 2. The second-order valence-corrected chi connectivity index (χ2v) is 6.61. The minimum atomic E-state index is -0.541. The monoisotopic (exact) mass is 389 g/mol. The molecule has 8 heteroatoms. The maximum Gasteiger partial charge on any atom is 0.265 e. The van der Waals surface area contributed by atoms with Crippen LogP contribution in [0.15, 0.2) is 60.8 Å².